The van der Waals surface area contributed by atoms with Crippen molar-refractivity contribution in [1.82, 2.24) is 29.9 Å². The van der Waals surface area contributed by atoms with E-state index in [2.05, 4.69) is 29.9 Å². The monoisotopic (exact) mass is 522 g/mol. The maximum Gasteiger partial charge on any atom is 2.00 e. The zero-order chi connectivity index (χ0) is 22.9. The number of aromatic amines is 1. The van der Waals surface area contributed by atoms with Crippen molar-refractivity contribution in [2.45, 2.75) is 0 Å². The van der Waals surface area contributed by atoms with Crippen LogP contribution in [-0.2, 0) is 17.1 Å². The molecule has 5 N–H and O–H groups in total. The molecule has 0 atom stereocenters. The summed E-state index contributed by atoms with van der Waals surface area (Å²) in [5.41, 5.74) is 5.52. The Morgan fingerprint density at radius 1 is 0.722 bits per heavy atom. The average molecular weight is 522 g/mol. The van der Waals surface area contributed by atoms with Crippen LogP contribution in [0.2, 0.25) is 0 Å². The van der Waals surface area contributed by atoms with E-state index in [1.807, 2.05) is 84.9 Å². The number of rotatable bonds is 2. The molecule has 2 aromatic carbocycles. The molecule has 1 radical (unpaired) electrons. The number of benzene rings is 2. The Hall–Kier alpha value is -4.59. The van der Waals surface area contributed by atoms with Gasteiger partial charge in [0.2, 0.25) is 0 Å². The van der Waals surface area contributed by atoms with Gasteiger partial charge >= 0.3 is 17.1 Å². The summed E-state index contributed by atoms with van der Waals surface area (Å²) < 4.78 is 0. The molecule has 0 amide bonds. The molecule has 10 nitrogen and oxygen atoms in total. The van der Waals surface area contributed by atoms with Crippen molar-refractivity contribution < 1.29 is 33.1 Å². The molecule has 0 fully saturated rings. The van der Waals surface area contributed by atoms with Gasteiger partial charge in [0.05, 0.1) is 16.7 Å². The second-order valence-corrected chi connectivity index (χ2v) is 6.66. The number of nitrogens with zero attached hydrogens (tertiary/aromatic N) is 6. The number of H-pyrrole nitrogens is 1. The largest absolute Gasteiger partial charge is 2.00 e. The van der Waals surface area contributed by atoms with E-state index < -0.39 is 0 Å². The van der Waals surface area contributed by atoms with Crippen LogP contribution in [0.4, 0.5) is 0 Å². The SMILES string of the molecule is N#C[O-].O.O.[Mn+2].c1ccc(-c2nc3ccccc3[n-]2)nc1.c1ccc(-c2nc3ccccc3[nH]2)nc1. The molecule has 6 aromatic rings. The summed E-state index contributed by atoms with van der Waals surface area (Å²) in [4.78, 5) is 25.0. The van der Waals surface area contributed by atoms with Gasteiger partial charge in [0.25, 0.3) is 0 Å². The van der Waals surface area contributed by atoms with Crippen LogP contribution in [0.1, 0.15) is 0 Å². The van der Waals surface area contributed by atoms with Gasteiger partial charge < -0.3 is 31.0 Å². The van der Waals surface area contributed by atoms with Gasteiger partial charge in [-0.1, -0.05) is 48.5 Å². The number of imidazole rings is 2. The molecule has 0 aliphatic heterocycles. The van der Waals surface area contributed by atoms with Gasteiger partial charge in [-0.15, -0.1) is 0 Å². The Labute approximate surface area is 216 Å². The van der Waals surface area contributed by atoms with E-state index in [0.717, 1.165) is 39.3 Å². The van der Waals surface area contributed by atoms with Crippen LogP contribution in [0.15, 0.2) is 97.3 Å². The third kappa shape index (κ3) is 7.20. The van der Waals surface area contributed by atoms with Gasteiger partial charge in [-0.05, 0) is 53.3 Å². The Kier molecular flexibility index (Phi) is 12.0. The molecular formula is C25H21MnN7O3. The Morgan fingerprint density at radius 3 is 1.86 bits per heavy atom. The molecule has 0 unspecified atom stereocenters. The number of nitrogens with one attached hydrogen (secondary N) is 1. The number of hydrogen-bond acceptors (Lipinski definition) is 6. The standard InChI is InChI=1S/C12H9N3.C12H8N3.CHNO.Mn.2H2O/c2*1-2-6-10-9(5-1)14-12(15-10)11-7-3-4-8-13-11;2-1-3;;;/h1-8H,(H,14,15);1-8H;3H;;2*1H2/q;-1;;+2;;/p-1. The first-order valence-electron chi connectivity index (χ1n) is 9.97. The number of hydrogen-bond donors (Lipinski definition) is 1. The third-order valence-electron chi connectivity index (χ3n) is 4.53. The average Bonchev–Trinajstić information content (AvgIpc) is 3.51. The van der Waals surface area contributed by atoms with E-state index in [4.69, 9.17) is 10.4 Å². The topological polar surface area (TPSA) is 191 Å². The summed E-state index contributed by atoms with van der Waals surface area (Å²) in [6.45, 7) is 0. The van der Waals surface area contributed by atoms with Gasteiger partial charge in [-0.2, -0.15) is 0 Å². The van der Waals surface area contributed by atoms with Gasteiger partial charge in [0, 0.05) is 18.6 Å². The molecule has 4 heterocycles. The van der Waals surface area contributed by atoms with Crippen molar-refractivity contribution in [2.24, 2.45) is 0 Å². The molecule has 181 valence electrons. The number of aromatic nitrogens is 6. The van der Waals surface area contributed by atoms with Gasteiger partial charge in [-0.25, -0.2) is 10.2 Å². The minimum Gasteiger partial charge on any atom is -0.812 e. The Morgan fingerprint density at radius 2 is 1.28 bits per heavy atom. The fraction of sp³-hybridized carbons (Fsp3) is 0. The van der Waals surface area contributed by atoms with Gasteiger partial charge in [0.1, 0.15) is 5.69 Å². The van der Waals surface area contributed by atoms with Crippen molar-refractivity contribution in [1.29, 1.82) is 5.26 Å². The van der Waals surface area contributed by atoms with Crippen molar-refractivity contribution in [2.75, 3.05) is 0 Å². The number of para-hydroxylation sites is 4. The van der Waals surface area contributed by atoms with Crippen LogP contribution >= 0.6 is 0 Å². The summed E-state index contributed by atoms with van der Waals surface area (Å²) in [7, 11) is 0. The smallest absolute Gasteiger partial charge is 0.812 e. The van der Waals surface area contributed by atoms with Crippen molar-refractivity contribution in [3.05, 3.63) is 97.3 Å². The fourth-order valence-electron chi connectivity index (χ4n) is 3.09. The number of pyridine rings is 2. The zero-order valence-corrected chi connectivity index (χ0v) is 19.9. The molecule has 36 heavy (non-hydrogen) atoms. The summed E-state index contributed by atoms with van der Waals surface area (Å²) in [5.74, 6) is 1.51. The molecule has 0 bridgehead atoms. The van der Waals surface area contributed by atoms with Gasteiger partial charge in [0.15, 0.2) is 5.82 Å². The summed E-state index contributed by atoms with van der Waals surface area (Å²) in [6.07, 6.45) is 4.01. The summed E-state index contributed by atoms with van der Waals surface area (Å²) in [5, 5.41) is 15.0. The first-order chi connectivity index (χ1) is 16.3. The first-order valence-corrected chi connectivity index (χ1v) is 9.97. The van der Waals surface area contributed by atoms with Crippen LogP contribution in [-0.4, -0.2) is 35.9 Å². The number of nitriles is 1. The van der Waals surface area contributed by atoms with E-state index in [0.29, 0.717) is 12.1 Å². The maximum atomic E-state index is 8.24. The van der Waals surface area contributed by atoms with Crippen molar-refractivity contribution >= 4 is 22.1 Å². The first kappa shape index (κ1) is 29.4. The van der Waals surface area contributed by atoms with Gasteiger partial charge in [-0.3, -0.25) is 9.97 Å². The molecule has 0 saturated heterocycles. The maximum absolute atomic E-state index is 8.24. The quantitative estimate of drug-likeness (QED) is 0.266. The van der Waals surface area contributed by atoms with E-state index >= 15 is 0 Å². The van der Waals surface area contributed by atoms with Crippen LogP contribution in [0.3, 0.4) is 0 Å². The van der Waals surface area contributed by atoms with Crippen LogP contribution < -0.4 is 10.1 Å². The second-order valence-electron chi connectivity index (χ2n) is 6.66. The predicted molar refractivity (Wildman–Crippen MR) is 130 cm³/mol. The second kappa shape index (κ2) is 14.6. The van der Waals surface area contributed by atoms with Crippen LogP contribution in [0.25, 0.3) is 45.1 Å². The van der Waals surface area contributed by atoms with Crippen LogP contribution in [0.5, 0.6) is 0 Å². The molecule has 0 saturated carbocycles. The summed E-state index contributed by atoms with van der Waals surface area (Å²) in [6, 6.07) is 27.3. The van der Waals surface area contributed by atoms with Crippen molar-refractivity contribution in [3.63, 3.8) is 0 Å². The normalized spacial score (nSPS) is 9.08. The molecule has 0 aliphatic carbocycles. The molecule has 4 aromatic heterocycles. The third-order valence-corrected chi connectivity index (χ3v) is 4.53. The predicted octanol–water partition coefficient (Wildman–Crippen LogP) is 2.05. The molecule has 0 spiro atoms. The number of fused-ring (bicyclic) bond motifs is 2. The Bertz CT molecular complexity index is 1320. The fourth-order valence-corrected chi connectivity index (χ4v) is 3.09. The molecule has 6 rings (SSSR count). The van der Waals surface area contributed by atoms with E-state index in [9.17, 15) is 0 Å². The molecular weight excluding hydrogens is 501 g/mol. The minimum absolute atomic E-state index is 0. The van der Waals surface area contributed by atoms with Crippen LogP contribution in [0, 0.1) is 11.5 Å². The minimum atomic E-state index is 0. The van der Waals surface area contributed by atoms with E-state index in [1.54, 1.807) is 12.4 Å². The Balaban J connectivity index is 0.000000302. The zero-order valence-electron chi connectivity index (χ0n) is 18.7. The summed E-state index contributed by atoms with van der Waals surface area (Å²) >= 11 is 0. The molecule has 0 aliphatic rings. The van der Waals surface area contributed by atoms with Crippen molar-refractivity contribution in [3.8, 4) is 29.3 Å². The van der Waals surface area contributed by atoms with E-state index in [1.165, 1.54) is 0 Å². The van der Waals surface area contributed by atoms with E-state index in [-0.39, 0.29) is 28.0 Å². The molecule has 11 heteroatoms.